The quantitative estimate of drug-likeness (QED) is 0.872. The molecule has 1 unspecified atom stereocenters. The van der Waals surface area contributed by atoms with E-state index in [9.17, 15) is 18.3 Å². The van der Waals surface area contributed by atoms with Crippen LogP contribution in [0, 0.1) is 13.8 Å². The number of aryl methyl sites for hydroxylation is 2. The molecule has 5 nitrogen and oxygen atoms in total. The largest absolute Gasteiger partial charge is 0.480 e. The minimum absolute atomic E-state index is 0.0836. The van der Waals surface area contributed by atoms with Crippen molar-refractivity contribution in [3.05, 3.63) is 65.2 Å². The van der Waals surface area contributed by atoms with Gasteiger partial charge in [-0.3, -0.25) is 4.79 Å². The van der Waals surface area contributed by atoms with Crippen molar-refractivity contribution in [3.63, 3.8) is 0 Å². The van der Waals surface area contributed by atoms with E-state index >= 15 is 0 Å². The molecule has 0 aromatic heterocycles. The molecule has 2 aromatic rings. The summed E-state index contributed by atoms with van der Waals surface area (Å²) >= 11 is 0. The molecule has 1 atom stereocenters. The van der Waals surface area contributed by atoms with E-state index in [1.807, 2.05) is 32.0 Å². The molecule has 0 aliphatic carbocycles. The minimum Gasteiger partial charge on any atom is -0.480 e. The van der Waals surface area contributed by atoms with E-state index in [4.69, 9.17) is 0 Å². The Hall–Kier alpha value is -2.18. The van der Waals surface area contributed by atoms with Crippen LogP contribution in [-0.4, -0.2) is 36.9 Å². The maximum atomic E-state index is 12.7. The van der Waals surface area contributed by atoms with Gasteiger partial charge in [-0.05, 0) is 42.7 Å². The van der Waals surface area contributed by atoms with Crippen molar-refractivity contribution >= 4 is 16.0 Å². The zero-order valence-corrected chi connectivity index (χ0v) is 14.7. The van der Waals surface area contributed by atoms with E-state index < -0.39 is 22.0 Å². The van der Waals surface area contributed by atoms with Crippen LogP contribution in [0.25, 0.3) is 0 Å². The Morgan fingerprint density at radius 2 is 1.58 bits per heavy atom. The molecule has 0 spiro atoms. The number of carboxylic acids is 1. The highest BCUT2D eigenvalue weighted by Crippen LogP contribution is 2.22. The van der Waals surface area contributed by atoms with Crippen LogP contribution >= 0.6 is 0 Å². The summed E-state index contributed by atoms with van der Waals surface area (Å²) in [6, 6.07) is 12.4. The Balaban J connectivity index is 2.39. The van der Waals surface area contributed by atoms with Crippen LogP contribution in [0.5, 0.6) is 0 Å². The Morgan fingerprint density at radius 1 is 1.04 bits per heavy atom. The van der Waals surface area contributed by atoms with Crippen LogP contribution in [-0.2, 0) is 21.2 Å². The van der Waals surface area contributed by atoms with Crippen molar-refractivity contribution < 1.29 is 18.3 Å². The van der Waals surface area contributed by atoms with Crippen molar-refractivity contribution in [2.45, 2.75) is 31.2 Å². The van der Waals surface area contributed by atoms with Gasteiger partial charge in [-0.15, -0.1) is 0 Å². The molecule has 0 amide bonds. The van der Waals surface area contributed by atoms with E-state index in [1.54, 1.807) is 18.2 Å². The van der Waals surface area contributed by atoms with Crippen LogP contribution in [0.3, 0.4) is 0 Å². The third-order valence-electron chi connectivity index (χ3n) is 4.19. The first-order chi connectivity index (χ1) is 11.2. The number of carboxylic acid groups (broad SMARTS) is 1. The first-order valence-electron chi connectivity index (χ1n) is 7.56. The molecule has 6 heteroatoms. The molecule has 0 fully saturated rings. The second kappa shape index (κ2) is 7.15. The molecular formula is C18H21NO4S. The zero-order valence-electron chi connectivity index (χ0n) is 13.9. The number of carbonyl (C=O) groups is 1. The molecule has 0 saturated heterocycles. The number of hydrogen-bond acceptors (Lipinski definition) is 3. The van der Waals surface area contributed by atoms with Gasteiger partial charge in [0, 0.05) is 13.5 Å². The van der Waals surface area contributed by atoms with Crippen LogP contribution in [0.15, 0.2) is 53.4 Å². The molecule has 2 aromatic carbocycles. The number of likely N-dealkylation sites (N-methyl/N-ethyl adjacent to an activating group) is 1. The number of nitrogens with zero attached hydrogens (tertiary/aromatic N) is 1. The number of benzene rings is 2. The lowest BCUT2D eigenvalue weighted by atomic mass is 9.96. The van der Waals surface area contributed by atoms with Crippen molar-refractivity contribution in [1.29, 1.82) is 0 Å². The van der Waals surface area contributed by atoms with Crippen LogP contribution < -0.4 is 0 Å². The molecule has 0 bridgehead atoms. The highest BCUT2D eigenvalue weighted by molar-refractivity contribution is 7.89. The Morgan fingerprint density at radius 3 is 2.08 bits per heavy atom. The average Bonchev–Trinajstić information content (AvgIpc) is 2.54. The van der Waals surface area contributed by atoms with Gasteiger partial charge in [-0.25, -0.2) is 8.42 Å². The predicted molar refractivity (Wildman–Crippen MR) is 92.4 cm³/mol. The third kappa shape index (κ3) is 3.66. The molecule has 0 radical (unpaired) electrons. The first-order valence-corrected chi connectivity index (χ1v) is 9.00. The number of aliphatic carboxylic acids is 1. The van der Waals surface area contributed by atoms with Gasteiger partial charge in [0.25, 0.3) is 0 Å². The van der Waals surface area contributed by atoms with Gasteiger partial charge in [0.1, 0.15) is 6.04 Å². The molecule has 0 aliphatic heterocycles. The van der Waals surface area contributed by atoms with Crippen molar-refractivity contribution in [3.8, 4) is 0 Å². The van der Waals surface area contributed by atoms with Crippen molar-refractivity contribution in [2.75, 3.05) is 7.05 Å². The fourth-order valence-corrected chi connectivity index (χ4v) is 4.00. The van der Waals surface area contributed by atoms with E-state index in [0.717, 1.165) is 21.0 Å². The second-order valence-electron chi connectivity index (χ2n) is 5.76. The fourth-order valence-electron chi connectivity index (χ4n) is 2.66. The Kier molecular flexibility index (Phi) is 5.41. The maximum absolute atomic E-state index is 12.7. The first kappa shape index (κ1) is 18.2. The molecule has 0 heterocycles. The second-order valence-corrected chi connectivity index (χ2v) is 7.76. The minimum atomic E-state index is -3.88. The summed E-state index contributed by atoms with van der Waals surface area (Å²) in [6.45, 7) is 3.79. The monoisotopic (exact) mass is 347 g/mol. The normalized spacial score (nSPS) is 13.0. The Labute approximate surface area is 142 Å². The lowest BCUT2D eigenvalue weighted by molar-refractivity contribution is -0.141. The van der Waals surface area contributed by atoms with Crippen LogP contribution in [0.4, 0.5) is 0 Å². The highest BCUT2D eigenvalue weighted by atomic mass is 32.2. The summed E-state index contributed by atoms with van der Waals surface area (Å²) in [5.74, 6) is -1.17. The molecule has 0 aliphatic rings. The van der Waals surface area contributed by atoms with E-state index in [-0.39, 0.29) is 11.3 Å². The fraction of sp³-hybridized carbons (Fsp3) is 0.278. The predicted octanol–water partition coefficient (Wildman–Crippen LogP) is 2.62. The molecule has 128 valence electrons. The Bertz CT molecular complexity index is 811. The van der Waals surface area contributed by atoms with Crippen LogP contribution in [0.2, 0.25) is 0 Å². The summed E-state index contributed by atoms with van der Waals surface area (Å²) in [5, 5.41) is 9.59. The van der Waals surface area contributed by atoms with Gasteiger partial charge in [0.15, 0.2) is 0 Å². The maximum Gasteiger partial charge on any atom is 0.322 e. The van der Waals surface area contributed by atoms with Gasteiger partial charge in [-0.1, -0.05) is 36.4 Å². The molecule has 1 N–H and O–H groups in total. The van der Waals surface area contributed by atoms with E-state index in [2.05, 4.69) is 0 Å². The molecule has 24 heavy (non-hydrogen) atoms. The van der Waals surface area contributed by atoms with E-state index in [0.29, 0.717) is 0 Å². The molecule has 0 saturated carbocycles. The SMILES string of the molecule is Cc1cccc(C)c1CC(C(=O)O)N(C)S(=O)(=O)c1ccccc1. The van der Waals surface area contributed by atoms with Gasteiger partial charge < -0.3 is 5.11 Å². The van der Waals surface area contributed by atoms with Gasteiger partial charge >= 0.3 is 5.97 Å². The summed E-state index contributed by atoms with van der Waals surface area (Å²) < 4.78 is 26.3. The topological polar surface area (TPSA) is 74.7 Å². The van der Waals surface area contributed by atoms with Gasteiger partial charge in [-0.2, -0.15) is 4.31 Å². The average molecular weight is 347 g/mol. The lowest BCUT2D eigenvalue weighted by Gasteiger charge is -2.25. The summed E-state index contributed by atoms with van der Waals surface area (Å²) in [5.41, 5.74) is 2.76. The van der Waals surface area contributed by atoms with Crippen LogP contribution in [0.1, 0.15) is 16.7 Å². The number of rotatable bonds is 6. The number of sulfonamides is 1. The zero-order chi connectivity index (χ0) is 17.9. The highest BCUT2D eigenvalue weighted by Gasteiger charge is 2.33. The summed E-state index contributed by atoms with van der Waals surface area (Å²) in [4.78, 5) is 11.8. The van der Waals surface area contributed by atoms with Crippen molar-refractivity contribution in [1.82, 2.24) is 4.31 Å². The lowest BCUT2D eigenvalue weighted by Crippen LogP contribution is -2.44. The van der Waals surface area contributed by atoms with Crippen molar-refractivity contribution in [2.24, 2.45) is 0 Å². The van der Waals surface area contributed by atoms with Gasteiger partial charge in [0.05, 0.1) is 4.90 Å². The third-order valence-corrected chi connectivity index (χ3v) is 6.07. The van der Waals surface area contributed by atoms with E-state index in [1.165, 1.54) is 19.2 Å². The molecular weight excluding hydrogens is 326 g/mol. The molecule has 2 rings (SSSR count). The smallest absolute Gasteiger partial charge is 0.322 e. The summed E-state index contributed by atoms with van der Waals surface area (Å²) in [7, 11) is -2.56. The van der Waals surface area contributed by atoms with Gasteiger partial charge in [0.2, 0.25) is 10.0 Å². The standard InChI is InChI=1S/C18H21NO4S/c1-13-8-7-9-14(2)16(13)12-17(18(20)21)19(3)24(22,23)15-10-5-4-6-11-15/h4-11,17H,12H2,1-3H3,(H,20,21). The summed E-state index contributed by atoms with van der Waals surface area (Å²) in [6.07, 6.45) is 0.121. The number of hydrogen-bond donors (Lipinski definition) is 1.